The average Bonchev–Trinajstić information content (AvgIpc) is 2.73. The zero-order chi connectivity index (χ0) is 23.4. The highest BCUT2D eigenvalue weighted by Crippen LogP contribution is 2.56. The van der Waals surface area contributed by atoms with Gasteiger partial charge in [-0.2, -0.15) is 13.2 Å². The van der Waals surface area contributed by atoms with E-state index in [1.165, 1.54) is 24.3 Å². The molecule has 0 aliphatic heterocycles. The first kappa shape index (κ1) is 22.4. The lowest BCUT2D eigenvalue weighted by molar-refractivity contribution is -0.272. The number of alkyl halides is 3. The van der Waals surface area contributed by atoms with Crippen molar-refractivity contribution in [3.05, 3.63) is 68.7 Å². The molecule has 32 heavy (non-hydrogen) atoms. The number of aromatic amines is 1. The molecule has 0 radical (unpaired) electrons. The first-order chi connectivity index (χ1) is 15.0. The van der Waals surface area contributed by atoms with Crippen LogP contribution in [-0.4, -0.2) is 27.0 Å². The molecule has 4 rings (SSSR count). The number of hydrogen-bond donors (Lipinski definition) is 4. The number of aromatic nitrogens is 1. The number of phenolic OH excluding ortho intramolecular Hbond substituents is 1. The van der Waals surface area contributed by atoms with Crippen molar-refractivity contribution in [2.24, 2.45) is 0 Å². The van der Waals surface area contributed by atoms with E-state index in [1.807, 2.05) is 0 Å². The molecule has 3 aromatic rings. The zero-order valence-electron chi connectivity index (χ0n) is 16.7. The van der Waals surface area contributed by atoms with Gasteiger partial charge in [-0.15, -0.1) is 0 Å². The molecule has 0 spiro atoms. The number of halogens is 5. The van der Waals surface area contributed by atoms with Gasteiger partial charge in [-0.05, 0) is 48.6 Å². The second kappa shape index (κ2) is 7.67. The summed E-state index contributed by atoms with van der Waals surface area (Å²) in [6.07, 6.45) is -5.50. The maximum Gasteiger partial charge on any atom is 0.419 e. The van der Waals surface area contributed by atoms with Gasteiger partial charge in [-0.25, -0.2) is 4.39 Å². The molecule has 10 heteroatoms. The Labute approximate surface area is 184 Å². The standard InChI is InChI=1S/C22H19ClF4N2O3/c1-2-10-9-21(32,22(25,26)27)20(12-3-5-13(23)19(31)17(10)12)28-15-7-6-14(24)18-11(15)4-8-16(30)29-18/h3-8,10,20,28,31-32H,2,9H2,1H3,(H,29,30)/t10-,20+,21-/m1/s1. The van der Waals surface area contributed by atoms with Crippen LogP contribution in [0.1, 0.15) is 42.9 Å². The molecule has 1 aliphatic carbocycles. The van der Waals surface area contributed by atoms with Gasteiger partial charge in [0.1, 0.15) is 11.6 Å². The lowest BCUT2D eigenvalue weighted by Gasteiger charge is -2.46. The molecule has 1 heterocycles. The van der Waals surface area contributed by atoms with Gasteiger partial charge in [0, 0.05) is 22.7 Å². The first-order valence-corrected chi connectivity index (χ1v) is 10.2. The van der Waals surface area contributed by atoms with Crippen LogP contribution in [-0.2, 0) is 0 Å². The Morgan fingerprint density at radius 3 is 2.59 bits per heavy atom. The molecular formula is C22H19ClF4N2O3. The summed E-state index contributed by atoms with van der Waals surface area (Å²) in [4.78, 5) is 13.9. The number of fused-ring (bicyclic) bond motifs is 2. The SMILES string of the molecule is CC[C@@H]1C[C@](O)(C(F)(F)F)[C@@H](Nc2ccc(F)c3[nH]c(=O)ccc23)c2ccc(Cl)c(O)c21. The van der Waals surface area contributed by atoms with Crippen molar-refractivity contribution in [2.45, 2.75) is 43.5 Å². The second-order valence-corrected chi connectivity index (χ2v) is 8.32. The molecule has 5 nitrogen and oxygen atoms in total. The van der Waals surface area contributed by atoms with Gasteiger partial charge in [-0.1, -0.05) is 24.6 Å². The largest absolute Gasteiger partial charge is 0.506 e. The summed E-state index contributed by atoms with van der Waals surface area (Å²) < 4.78 is 56.8. The number of aromatic hydroxyl groups is 1. The molecule has 1 aromatic heterocycles. The maximum absolute atomic E-state index is 14.2. The van der Waals surface area contributed by atoms with Crippen molar-refractivity contribution in [3.8, 4) is 5.75 Å². The normalized spacial score (nSPS) is 23.2. The van der Waals surface area contributed by atoms with E-state index in [0.29, 0.717) is 0 Å². The van der Waals surface area contributed by atoms with Crippen LogP contribution in [0.2, 0.25) is 5.02 Å². The van der Waals surface area contributed by atoms with Gasteiger partial charge in [0.15, 0.2) is 5.60 Å². The van der Waals surface area contributed by atoms with Crippen LogP contribution in [0, 0.1) is 5.82 Å². The van der Waals surface area contributed by atoms with Gasteiger partial charge < -0.3 is 20.5 Å². The monoisotopic (exact) mass is 470 g/mol. The minimum Gasteiger partial charge on any atom is -0.506 e. The summed E-state index contributed by atoms with van der Waals surface area (Å²) in [7, 11) is 0. The topological polar surface area (TPSA) is 85.4 Å². The minimum absolute atomic E-state index is 0.0109. The summed E-state index contributed by atoms with van der Waals surface area (Å²) in [6, 6.07) is 5.50. The Hall–Kier alpha value is -2.78. The number of rotatable bonds is 3. The minimum atomic E-state index is -5.02. The van der Waals surface area contributed by atoms with Crippen molar-refractivity contribution < 1.29 is 27.8 Å². The van der Waals surface area contributed by atoms with E-state index in [2.05, 4.69) is 10.3 Å². The van der Waals surface area contributed by atoms with E-state index in [9.17, 15) is 32.6 Å². The fourth-order valence-corrected chi connectivity index (χ4v) is 4.62. The predicted octanol–water partition coefficient (Wildman–Crippen LogP) is 5.37. The zero-order valence-corrected chi connectivity index (χ0v) is 17.5. The summed E-state index contributed by atoms with van der Waals surface area (Å²) in [5, 5.41) is 24.3. The van der Waals surface area contributed by atoms with Gasteiger partial charge in [0.05, 0.1) is 16.6 Å². The van der Waals surface area contributed by atoms with Gasteiger partial charge in [0.2, 0.25) is 5.56 Å². The number of pyridine rings is 1. The fraction of sp³-hybridized carbons (Fsp3) is 0.318. The molecule has 170 valence electrons. The van der Waals surface area contributed by atoms with E-state index in [-0.39, 0.29) is 44.9 Å². The molecule has 0 saturated heterocycles. The number of anilines is 1. The maximum atomic E-state index is 14.2. The first-order valence-electron chi connectivity index (χ1n) is 9.86. The molecule has 0 saturated carbocycles. The molecule has 0 fully saturated rings. The molecule has 0 bridgehead atoms. The molecule has 0 amide bonds. The summed E-state index contributed by atoms with van der Waals surface area (Å²) in [5.41, 5.74) is -3.61. The summed E-state index contributed by atoms with van der Waals surface area (Å²) in [5.74, 6) is -1.89. The van der Waals surface area contributed by atoms with E-state index in [0.717, 1.165) is 12.1 Å². The quantitative estimate of drug-likeness (QED) is 0.388. The Morgan fingerprint density at radius 2 is 1.94 bits per heavy atom. The van der Waals surface area contributed by atoms with E-state index < -0.39 is 41.5 Å². The van der Waals surface area contributed by atoms with E-state index in [4.69, 9.17) is 11.6 Å². The highest BCUT2D eigenvalue weighted by atomic mass is 35.5. The van der Waals surface area contributed by atoms with E-state index >= 15 is 0 Å². The van der Waals surface area contributed by atoms with Gasteiger partial charge in [0.25, 0.3) is 0 Å². The predicted molar refractivity (Wildman–Crippen MR) is 113 cm³/mol. The van der Waals surface area contributed by atoms with Crippen molar-refractivity contribution in [3.63, 3.8) is 0 Å². The number of hydrogen-bond acceptors (Lipinski definition) is 4. The summed E-state index contributed by atoms with van der Waals surface area (Å²) in [6.45, 7) is 1.66. The molecule has 2 aromatic carbocycles. The van der Waals surface area contributed by atoms with Crippen LogP contribution in [0.3, 0.4) is 0 Å². The molecule has 4 N–H and O–H groups in total. The van der Waals surface area contributed by atoms with Crippen molar-refractivity contribution in [1.29, 1.82) is 0 Å². The Morgan fingerprint density at radius 1 is 1.22 bits per heavy atom. The van der Waals surface area contributed by atoms with Crippen LogP contribution in [0.25, 0.3) is 10.9 Å². The Balaban J connectivity index is 1.95. The number of phenols is 1. The molecule has 3 atom stereocenters. The fourth-order valence-electron chi connectivity index (χ4n) is 4.45. The van der Waals surface area contributed by atoms with Crippen LogP contribution in [0.5, 0.6) is 5.75 Å². The number of nitrogens with one attached hydrogen (secondary N) is 2. The van der Waals surface area contributed by atoms with Crippen LogP contribution < -0.4 is 10.9 Å². The van der Waals surface area contributed by atoms with Crippen molar-refractivity contribution >= 4 is 28.2 Å². The smallest absolute Gasteiger partial charge is 0.419 e. The van der Waals surface area contributed by atoms with Crippen LogP contribution in [0.4, 0.5) is 23.2 Å². The molecular weight excluding hydrogens is 452 g/mol. The van der Waals surface area contributed by atoms with E-state index in [1.54, 1.807) is 6.92 Å². The number of aliphatic hydroxyl groups is 1. The third-order valence-corrected chi connectivity index (χ3v) is 6.39. The lowest BCUT2D eigenvalue weighted by atomic mass is 9.69. The van der Waals surface area contributed by atoms with Crippen LogP contribution in [0.15, 0.2) is 41.2 Å². The highest BCUT2D eigenvalue weighted by Gasteiger charge is 2.62. The molecule has 1 aliphatic rings. The highest BCUT2D eigenvalue weighted by molar-refractivity contribution is 6.32. The van der Waals surface area contributed by atoms with Crippen LogP contribution >= 0.6 is 11.6 Å². The lowest BCUT2D eigenvalue weighted by Crippen LogP contribution is -2.55. The van der Waals surface area contributed by atoms with Gasteiger partial charge in [-0.3, -0.25) is 4.79 Å². The average molecular weight is 471 g/mol. The Bertz CT molecular complexity index is 1260. The van der Waals surface area contributed by atoms with Crippen molar-refractivity contribution in [2.75, 3.05) is 5.32 Å². The Kier molecular flexibility index (Phi) is 5.37. The van der Waals surface area contributed by atoms with Gasteiger partial charge >= 0.3 is 6.18 Å². The summed E-state index contributed by atoms with van der Waals surface area (Å²) >= 11 is 6.02. The number of H-pyrrole nitrogens is 1. The number of benzene rings is 2. The van der Waals surface area contributed by atoms with Crippen molar-refractivity contribution in [1.82, 2.24) is 4.98 Å². The molecule has 0 unspecified atom stereocenters. The second-order valence-electron chi connectivity index (χ2n) is 7.91. The third kappa shape index (κ3) is 3.40. The third-order valence-electron chi connectivity index (χ3n) is 6.08.